The molecule has 0 N–H and O–H groups in total. The van der Waals surface area contributed by atoms with Crippen LogP contribution < -0.4 is 0 Å². The van der Waals surface area contributed by atoms with Crippen LogP contribution in [0.2, 0.25) is 0 Å². The molecule has 3 aromatic heterocycles. The molecule has 3 heterocycles. The van der Waals surface area contributed by atoms with Crippen molar-refractivity contribution in [2.45, 2.75) is 0 Å². The molecule has 0 saturated carbocycles. The number of nitrogens with zero attached hydrogens (tertiary/aromatic N) is 3. The number of para-hydroxylation sites is 3. The van der Waals surface area contributed by atoms with Crippen molar-refractivity contribution in [3.8, 4) is 56.4 Å². The van der Waals surface area contributed by atoms with Gasteiger partial charge in [0.1, 0.15) is 22.3 Å². The quantitative estimate of drug-likeness (QED) is 0.187. The molecule has 10 aromatic rings. The molecule has 0 aliphatic heterocycles. The lowest BCUT2D eigenvalue weighted by molar-refractivity contribution is 0.669. The summed E-state index contributed by atoms with van der Waals surface area (Å²) < 4.78 is 13.1. The maximum absolute atomic E-state index is 6.70. The SMILES string of the molecule is c1ccc(-c2nc(-c3ccccc3)nc(-c3cccc(-c4cccc5c4oc4cccc(-c6cccc7c6oc6ccccc67)c45)c3)n2)cc1. The molecule has 50 heavy (non-hydrogen) atoms. The third-order valence-corrected chi connectivity index (χ3v) is 9.35. The molecule has 5 heteroatoms. The molecule has 0 atom stereocenters. The van der Waals surface area contributed by atoms with Crippen LogP contribution in [0.15, 0.2) is 173 Å². The van der Waals surface area contributed by atoms with Crippen LogP contribution in [-0.2, 0) is 0 Å². The number of aromatic nitrogens is 3. The number of benzene rings is 7. The van der Waals surface area contributed by atoms with Crippen LogP contribution in [0.1, 0.15) is 0 Å². The lowest BCUT2D eigenvalue weighted by Gasteiger charge is -2.10. The highest BCUT2D eigenvalue weighted by Gasteiger charge is 2.20. The van der Waals surface area contributed by atoms with Crippen LogP contribution in [0.25, 0.3) is 100 Å². The van der Waals surface area contributed by atoms with E-state index in [1.807, 2.05) is 91.0 Å². The van der Waals surface area contributed by atoms with Crippen LogP contribution in [0.4, 0.5) is 0 Å². The van der Waals surface area contributed by atoms with Gasteiger partial charge in [0.05, 0.1) is 0 Å². The van der Waals surface area contributed by atoms with Gasteiger partial charge in [0.25, 0.3) is 0 Å². The molecule has 0 aliphatic carbocycles. The minimum Gasteiger partial charge on any atom is -0.455 e. The second kappa shape index (κ2) is 11.4. The van der Waals surface area contributed by atoms with Gasteiger partial charge in [0.15, 0.2) is 17.5 Å². The average molecular weight is 642 g/mol. The number of fused-ring (bicyclic) bond motifs is 6. The summed E-state index contributed by atoms with van der Waals surface area (Å²) in [5.74, 6) is 1.87. The van der Waals surface area contributed by atoms with Crippen molar-refractivity contribution < 1.29 is 8.83 Å². The van der Waals surface area contributed by atoms with E-state index in [2.05, 4.69) is 72.8 Å². The Morgan fingerprint density at radius 3 is 1.56 bits per heavy atom. The lowest BCUT2D eigenvalue weighted by atomic mass is 9.96. The zero-order valence-electron chi connectivity index (χ0n) is 26.7. The average Bonchev–Trinajstić information content (AvgIpc) is 3.77. The first-order chi connectivity index (χ1) is 24.8. The molecule has 0 aliphatic rings. The number of hydrogen-bond donors (Lipinski definition) is 0. The van der Waals surface area contributed by atoms with Crippen LogP contribution in [0.3, 0.4) is 0 Å². The van der Waals surface area contributed by atoms with E-state index in [9.17, 15) is 0 Å². The highest BCUT2D eigenvalue weighted by atomic mass is 16.3. The van der Waals surface area contributed by atoms with Crippen molar-refractivity contribution in [3.05, 3.63) is 164 Å². The van der Waals surface area contributed by atoms with E-state index in [4.69, 9.17) is 23.8 Å². The minimum absolute atomic E-state index is 0.609. The Labute approximate surface area is 287 Å². The van der Waals surface area contributed by atoms with Gasteiger partial charge in [0, 0.05) is 49.4 Å². The number of furan rings is 2. The maximum Gasteiger partial charge on any atom is 0.164 e. The van der Waals surface area contributed by atoms with E-state index in [-0.39, 0.29) is 0 Å². The van der Waals surface area contributed by atoms with Gasteiger partial charge in [-0.15, -0.1) is 0 Å². The predicted molar refractivity (Wildman–Crippen MR) is 202 cm³/mol. The molecule has 0 saturated heterocycles. The first kappa shape index (κ1) is 28.2. The summed E-state index contributed by atoms with van der Waals surface area (Å²) >= 11 is 0. The number of rotatable bonds is 5. The summed E-state index contributed by atoms with van der Waals surface area (Å²) in [6, 6.07) is 55.6. The van der Waals surface area contributed by atoms with Gasteiger partial charge < -0.3 is 8.83 Å². The Balaban J connectivity index is 1.13. The minimum atomic E-state index is 0.609. The topological polar surface area (TPSA) is 65.0 Å². The van der Waals surface area contributed by atoms with Crippen molar-refractivity contribution in [3.63, 3.8) is 0 Å². The molecule has 0 radical (unpaired) electrons. The van der Waals surface area contributed by atoms with Gasteiger partial charge >= 0.3 is 0 Å². The van der Waals surface area contributed by atoms with E-state index in [1.165, 1.54) is 0 Å². The van der Waals surface area contributed by atoms with Gasteiger partial charge in [0.2, 0.25) is 0 Å². The molecule has 0 fully saturated rings. The van der Waals surface area contributed by atoms with Gasteiger partial charge in [-0.2, -0.15) is 0 Å². The molecule has 7 aromatic carbocycles. The monoisotopic (exact) mass is 641 g/mol. The van der Waals surface area contributed by atoms with Crippen molar-refractivity contribution in [1.82, 2.24) is 15.0 Å². The highest BCUT2D eigenvalue weighted by molar-refractivity contribution is 6.18. The predicted octanol–water partition coefficient (Wildman–Crippen LogP) is 12.0. The second-order valence-corrected chi connectivity index (χ2v) is 12.4. The maximum atomic E-state index is 6.70. The third kappa shape index (κ3) is 4.60. The zero-order chi connectivity index (χ0) is 33.0. The number of hydrogen-bond acceptors (Lipinski definition) is 5. The lowest BCUT2D eigenvalue weighted by Crippen LogP contribution is -2.00. The summed E-state index contributed by atoms with van der Waals surface area (Å²) in [5, 5.41) is 4.32. The summed E-state index contributed by atoms with van der Waals surface area (Å²) in [6.45, 7) is 0. The molecule has 0 unspecified atom stereocenters. The Morgan fingerprint density at radius 2 is 0.800 bits per heavy atom. The standard InChI is InChI=1S/C45H27N3O2/c1-3-13-28(14-4-1)43-46-44(29-15-5-2-6-16-29)48-45(47-43)31-18-9-17-30(27-31)32-20-10-24-37-40-34(21-12-26-39(40)50-41(32)37)36-23-11-22-35-33-19-7-8-25-38(33)49-42(35)36/h1-27H. The fourth-order valence-corrected chi connectivity index (χ4v) is 7.02. The summed E-state index contributed by atoms with van der Waals surface area (Å²) in [6.07, 6.45) is 0. The van der Waals surface area contributed by atoms with E-state index >= 15 is 0 Å². The Kier molecular flexibility index (Phi) is 6.42. The Morgan fingerprint density at radius 1 is 0.320 bits per heavy atom. The first-order valence-corrected chi connectivity index (χ1v) is 16.6. The van der Waals surface area contributed by atoms with Crippen LogP contribution >= 0.6 is 0 Å². The first-order valence-electron chi connectivity index (χ1n) is 16.6. The fraction of sp³-hybridized carbons (Fsp3) is 0. The molecule has 0 amide bonds. The van der Waals surface area contributed by atoms with Gasteiger partial charge in [-0.3, -0.25) is 0 Å². The van der Waals surface area contributed by atoms with E-state index in [0.29, 0.717) is 17.5 Å². The summed E-state index contributed by atoms with van der Waals surface area (Å²) in [7, 11) is 0. The van der Waals surface area contributed by atoms with Crippen molar-refractivity contribution in [1.29, 1.82) is 0 Å². The van der Waals surface area contributed by atoms with Crippen molar-refractivity contribution in [2.75, 3.05) is 0 Å². The van der Waals surface area contributed by atoms with E-state index < -0.39 is 0 Å². The third-order valence-electron chi connectivity index (χ3n) is 9.35. The smallest absolute Gasteiger partial charge is 0.164 e. The van der Waals surface area contributed by atoms with Gasteiger partial charge in [-0.05, 0) is 29.3 Å². The molecular weight excluding hydrogens is 615 g/mol. The van der Waals surface area contributed by atoms with Crippen molar-refractivity contribution >= 4 is 43.9 Å². The molecule has 0 spiro atoms. The normalized spacial score (nSPS) is 11.6. The van der Waals surface area contributed by atoms with E-state index in [0.717, 1.165) is 82.8 Å². The zero-order valence-corrected chi connectivity index (χ0v) is 26.7. The van der Waals surface area contributed by atoms with E-state index in [1.54, 1.807) is 0 Å². The van der Waals surface area contributed by atoms with Gasteiger partial charge in [-0.25, -0.2) is 15.0 Å². The molecule has 10 rings (SSSR count). The fourth-order valence-electron chi connectivity index (χ4n) is 7.02. The van der Waals surface area contributed by atoms with Gasteiger partial charge in [-0.1, -0.05) is 146 Å². The molecule has 234 valence electrons. The molecule has 0 bridgehead atoms. The molecule has 5 nitrogen and oxygen atoms in total. The summed E-state index contributed by atoms with van der Waals surface area (Å²) in [4.78, 5) is 14.8. The van der Waals surface area contributed by atoms with Crippen LogP contribution in [-0.4, -0.2) is 15.0 Å². The van der Waals surface area contributed by atoms with Crippen LogP contribution in [0, 0.1) is 0 Å². The highest BCUT2D eigenvalue weighted by Crippen LogP contribution is 2.43. The van der Waals surface area contributed by atoms with Crippen molar-refractivity contribution in [2.24, 2.45) is 0 Å². The summed E-state index contributed by atoms with van der Waals surface area (Å²) in [5.41, 5.74) is 10.3. The Hall–Kier alpha value is -6.85. The second-order valence-electron chi connectivity index (χ2n) is 12.4. The molecular formula is C45H27N3O2. The largest absolute Gasteiger partial charge is 0.455 e. The Bertz CT molecular complexity index is 2810. The van der Waals surface area contributed by atoms with Crippen LogP contribution in [0.5, 0.6) is 0 Å².